The summed E-state index contributed by atoms with van der Waals surface area (Å²) in [5.74, 6) is 0.570. The highest BCUT2D eigenvalue weighted by atomic mass is 16.5. The van der Waals surface area contributed by atoms with Crippen molar-refractivity contribution in [2.45, 2.75) is 26.2 Å². The summed E-state index contributed by atoms with van der Waals surface area (Å²) in [6, 6.07) is 5.11. The molecule has 0 unspecified atom stereocenters. The van der Waals surface area contributed by atoms with Gasteiger partial charge in [-0.05, 0) is 50.4 Å². The van der Waals surface area contributed by atoms with Crippen molar-refractivity contribution in [1.82, 2.24) is 4.90 Å². The SMILES string of the molecule is CCOc1ccc(C(=O)N(C)C)cc1NC(=O)[C@@H]1CCC[C@@H]1CN. The number of carbonyl (C=O) groups is 2. The summed E-state index contributed by atoms with van der Waals surface area (Å²) < 4.78 is 5.58. The Bertz CT molecular complexity index is 601. The fraction of sp³-hybridized carbons (Fsp3) is 0.556. The van der Waals surface area contributed by atoms with Crippen molar-refractivity contribution in [2.24, 2.45) is 17.6 Å². The summed E-state index contributed by atoms with van der Waals surface area (Å²) >= 11 is 0. The number of nitrogens with two attached hydrogens (primary N) is 1. The molecular formula is C18H27N3O3. The highest BCUT2D eigenvalue weighted by Crippen LogP contribution is 2.33. The zero-order valence-corrected chi connectivity index (χ0v) is 14.7. The van der Waals surface area contributed by atoms with E-state index in [0.717, 1.165) is 19.3 Å². The second kappa shape index (κ2) is 8.15. The molecule has 6 heteroatoms. The van der Waals surface area contributed by atoms with Gasteiger partial charge in [-0.2, -0.15) is 0 Å². The molecule has 0 bridgehead atoms. The van der Waals surface area contributed by atoms with Crippen LogP contribution in [0.3, 0.4) is 0 Å². The minimum absolute atomic E-state index is 0.0432. The Kier molecular flexibility index (Phi) is 6.20. The number of anilines is 1. The average molecular weight is 333 g/mol. The highest BCUT2D eigenvalue weighted by Gasteiger charge is 2.32. The Morgan fingerprint density at radius 3 is 2.71 bits per heavy atom. The van der Waals surface area contributed by atoms with Gasteiger partial charge in [0.05, 0.1) is 12.3 Å². The number of benzene rings is 1. The van der Waals surface area contributed by atoms with Crippen LogP contribution in [0.25, 0.3) is 0 Å². The van der Waals surface area contributed by atoms with E-state index in [4.69, 9.17) is 10.5 Å². The number of ether oxygens (including phenoxy) is 1. The van der Waals surface area contributed by atoms with E-state index >= 15 is 0 Å². The van der Waals surface area contributed by atoms with E-state index in [-0.39, 0.29) is 23.7 Å². The first-order chi connectivity index (χ1) is 11.5. The molecular weight excluding hydrogens is 306 g/mol. The van der Waals surface area contributed by atoms with E-state index in [1.807, 2.05) is 6.92 Å². The van der Waals surface area contributed by atoms with Crippen LogP contribution in [0.5, 0.6) is 5.75 Å². The van der Waals surface area contributed by atoms with Gasteiger partial charge in [-0.25, -0.2) is 0 Å². The molecule has 3 N–H and O–H groups in total. The first-order valence-electron chi connectivity index (χ1n) is 8.47. The molecule has 0 aliphatic heterocycles. The van der Waals surface area contributed by atoms with Crippen molar-refractivity contribution in [2.75, 3.05) is 32.6 Å². The number of nitrogens with one attached hydrogen (secondary N) is 1. The van der Waals surface area contributed by atoms with Gasteiger partial charge in [-0.15, -0.1) is 0 Å². The summed E-state index contributed by atoms with van der Waals surface area (Å²) in [6.07, 6.45) is 2.87. The Morgan fingerprint density at radius 1 is 1.33 bits per heavy atom. The van der Waals surface area contributed by atoms with E-state index in [9.17, 15) is 9.59 Å². The van der Waals surface area contributed by atoms with Crippen LogP contribution in [0.1, 0.15) is 36.5 Å². The topological polar surface area (TPSA) is 84.7 Å². The summed E-state index contributed by atoms with van der Waals surface area (Å²) in [5, 5.41) is 2.95. The van der Waals surface area contributed by atoms with E-state index in [0.29, 0.717) is 30.2 Å². The number of amides is 2. The third kappa shape index (κ3) is 4.06. The quantitative estimate of drug-likeness (QED) is 0.835. The van der Waals surface area contributed by atoms with Crippen molar-refractivity contribution < 1.29 is 14.3 Å². The third-order valence-corrected chi connectivity index (χ3v) is 4.49. The highest BCUT2D eigenvalue weighted by molar-refractivity contribution is 5.99. The molecule has 1 saturated carbocycles. The third-order valence-electron chi connectivity index (χ3n) is 4.49. The van der Waals surface area contributed by atoms with Crippen LogP contribution in [0, 0.1) is 11.8 Å². The predicted molar refractivity (Wildman–Crippen MR) is 94.1 cm³/mol. The molecule has 1 fully saturated rings. The monoisotopic (exact) mass is 333 g/mol. The first-order valence-corrected chi connectivity index (χ1v) is 8.47. The average Bonchev–Trinajstić information content (AvgIpc) is 3.04. The zero-order valence-electron chi connectivity index (χ0n) is 14.7. The number of nitrogens with zero attached hydrogens (tertiary/aromatic N) is 1. The van der Waals surface area contributed by atoms with Gasteiger partial charge in [0, 0.05) is 25.6 Å². The number of hydrogen-bond acceptors (Lipinski definition) is 4. The Hall–Kier alpha value is -2.08. The number of carbonyl (C=O) groups excluding carboxylic acids is 2. The molecule has 0 radical (unpaired) electrons. The molecule has 1 aromatic rings. The molecule has 0 saturated heterocycles. The molecule has 1 aliphatic carbocycles. The molecule has 1 aromatic carbocycles. The van der Waals surface area contributed by atoms with E-state index in [1.54, 1.807) is 32.3 Å². The van der Waals surface area contributed by atoms with Crippen LogP contribution in [-0.4, -0.2) is 44.0 Å². The van der Waals surface area contributed by atoms with Crippen LogP contribution in [0.15, 0.2) is 18.2 Å². The van der Waals surface area contributed by atoms with Gasteiger partial charge in [-0.3, -0.25) is 9.59 Å². The smallest absolute Gasteiger partial charge is 0.253 e. The van der Waals surface area contributed by atoms with Crippen LogP contribution in [0.4, 0.5) is 5.69 Å². The summed E-state index contributed by atoms with van der Waals surface area (Å²) in [7, 11) is 3.39. The molecule has 2 rings (SSSR count). The molecule has 1 aliphatic rings. The maximum absolute atomic E-state index is 12.6. The van der Waals surface area contributed by atoms with Crippen LogP contribution >= 0.6 is 0 Å². The molecule has 132 valence electrons. The van der Waals surface area contributed by atoms with Crippen molar-refractivity contribution in [3.8, 4) is 5.75 Å². The van der Waals surface area contributed by atoms with Crippen molar-refractivity contribution in [3.05, 3.63) is 23.8 Å². The molecule has 2 atom stereocenters. The fourth-order valence-corrected chi connectivity index (χ4v) is 3.19. The second-order valence-electron chi connectivity index (χ2n) is 6.37. The van der Waals surface area contributed by atoms with Crippen LogP contribution in [0.2, 0.25) is 0 Å². The van der Waals surface area contributed by atoms with Crippen molar-refractivity contribution in [3.63, 3.8) is 0 Å². The molecule has 0 aromatic heterocycles. The van der Waals surface area contributed by atoms with Crippen LogP contribution in [-0.2, 0) is 4.79 Å². The van der Waals surface area contributed by atoms with Crippen molar-refractivity contribution in [1.29, 1.82) is 0 Å². The lowest BCUT2D eigenvalue weighted by atomic mass is 9.95. The van der Waals surface area contributed by atoms with Gasteiger partial charge in [0.15, 0.2) is 0 Å². The normalized spacial score (nSPS) is 19.8. The molecule has 0 spiro atoms. The molecule has 24 heavy (non-hydrogen) atoms. The van der Waals surface area contributed by atoms with E-state index < -0.39 is 0 Å². The van der Waals surface area contributed by atoms with Gasteiger partial charge < -0.3 is 20.7 Å². The summed E-state index contributed by atoms with van der Waals surface area (Å²) in [5.41, 5.74) is 6.83. The minimum Gasteiger partial charge on any atom is -0.492 e. The summed E-state index contributed by atoms with van der Waals surface area (Å²) in [4.78, 5) is 26.3. The second-order valence-corrected chi connectivity index (χ2v) is 6.37. The fourth-order valence-electron chi connectivity index (χ4n) is 3.19. The van der Waals surface area contributed by atoms with Gasteiger partial charge in [0.1, 0.15) is 5.75 Å². The van der Waals surface area contributed by atoms with Gasteiger partial charge in [0.2, 0.25) is 5.91 Å². The maximum atomic E-state index is 12.6. The Balaban J connectivity index is 2.24. The maximum Gasteiger partial charge on any atom is 0.253 e. The molecule has 0 heterocycles. The zero-order chi connectivity index (χ0) is 17.7. The number of hydrogen-bond donors (Lipinski definition) is 2. The van der Waals surface area contributed by atoms with Gasteiger partial charge in [-0.1, -0.05) is 6.42 Å². The van der Waals surface area contributed by atoms with Crippen LogP contribution < -0.4 is 15.8 Å². The largest absolute Gasteiger partial charge is 0.492 e. The van der Waals surface area contributed by atoms with Gasteiger partial charge >= 0.3 is 0 Å². The standard InChI is InChI=1S/C18H27N3O3/c1-4-24-16-9-8-12(18(23)21(2)3)10-15(16)20-17(22)14-7-5-6-13(14)11-19/h8-10,13-14H,4-7,11,19H2,1-3H3,(H,20,22)/t13-,14-/m1/s1. The lowest BCUT2D eigenvalue weighted by Crippen LogP contribution is -2.30. The number of rotatable bonds is 6. The lowest BCUT2D eigenvalue weighted by molar-refractivity contribution is -0.120. The summed E-state index contributed by atoms with van der Waals surface area (Å²) in [6.45, 7) is 2.89. The first kappa shape index (κ1) is 18.3. The van der Waals surface area contributed by atoms with E-state index in [2.05, 4.69) is 5.32 Å². The van der Waals surface area contributed by atoms with E-state index in [1.165, 1.54) is 4.90 Å². The van der Waals surface area contributed by atoms with Gasteiger partial charge in [0.25, 0.3) is 5.91 Å². The Morgan fingerprint density at radius 2 is 2.08 bits per heavy atom. The lowest BCUT2D eigenvalue weighted by Gasteiger charge is -2.19. The molecule has 6 nitrogen and oxygen atoms in total. The Labute approximate surface area is 143 Å². The minimum atomic E-state index is -0.116. The van der Waals surface area contributed by atoms with Crippen molar-refractivity contribution >= 4 is 17.5 Å². The molecule has 2 amide bonds. The predicted octanol–water partition coefficient (Wildman–Crippen LogP) is 2.10.